The molecule has 0 N–H and O–H groups in total. The molecule has 1 fully saturated rings. The van der Waals surface area contributed by atoms with Crippen molar-refractivity contribution in [2.75, 3.05) is 18.0 Å². The number of hydrogen-bond donors (Lipinski definition) is 0. The van der Waals surface area contributed by atoms with Crippen molar-refractivity contribution >= 4 is 60.6 Å². The Hall–Kier alpha value is -3.91. The second-order valence-corrected chi connectivity index (χ2v) is 10.7. The fraction of sp³-hybridized carbons (Fsp3) is 0.280. The molecule has 2 aromatic heterocycles. The first-order chi connectivity index (χ1) is 18.7. The summed E-state index contributed by atoms with van der Waals surface area (Å²) in [5, 5.41) is 32.5. The van der Waals surface area contributed by atoms with Gasteiger partial charge in [-0.25, -0.2) is 0 Å². The number of halogens is 3. The summed E-state index contributed by atoms with van der Waals surface area (Å²) >= 11 is 1.97. The second-order valence-electron chi connectivity index (χ2n) is 8.74. The molecule has 200 valence electrons. The quantitative estimate of drug-likeness (QED) is 0.207. The minimum Gasteiger partial charge on any atom is -0.363 e. The van der Waals surface area contributed by atoms with Crippen molar-refractivity contribution in [3.8, 4) is 0 Å². The molecule has 39 heavy (non-hydrogen) atoms. The molecule has 3 heterocycles. The summed E-state index contributed by atoms with van der Waals surface area (Å²) in [5.41, 5.74) is 4.12. The zero-order chi connectivity index (χ0) is 27.4. The van der Waals surface area contributed by atoms with Crippen LogP contribution in [-0.2, 0) is 6.18 Å². The summed E-state index contributed by atoms with van der Waals surface area (Å²) in [6, 6.07) is 14.8. The van der Waals surface area contributed by atoms with Gasteiger partial charge in [0.2, 0.25) is 5.01 Å². The molecule has 0 amide bonds. The van der Waals surface area contributed by atoms with Gasteiger partial charge in [0.25, 0.3) is 5.13 Å². The van der Waals surface area contributed by atoms with Crippen LogP contribution >= 0.6 is 22.7 Å². The number of alkyl halides is 3. The lowest BCUT2D eigenvalue weighted by Crippen LogP contribution is -2.15. The summed E-state index contributed by atoms with van der Waals surface area (Å²) < 4.78 is 38.0. The van der Waals surface area contributed by atoms with Gasteiger partial charge in [0.05, 0.1) is 27.8 Å². The Morgan fingerprint density at radius 2 is 1.33 bits per heavy atom. The number of thiophene rings is 1. The van der Waals surface area contributed by atoms with Crippen molar-refractivity contribution in [2.24, 2.45) is 30.7 Å². The van der Waals surface area contributed by atoms with E-state index in [1.165, 1.54) is 17.8 Å². The second kappa shape index (κ2) is 11.5. The number of aromatic nitrogens is 2. The van der Waals surface area contributed by atoms with Crippen LogP contribution in [0.2, 0.25) is 0 Å². The molecule has 2 aromatic carbocycles. The van der Waals surface area contributed by atoms with Crippen LogP contribution in [0.5, 0.6) is 0 Å². The molecule has 0 aliphatic carbocycles. The van der Waals surface area contributed by atoms with Crippen LogP contribution in [0.1, 0.15) is 29.0 Å². The van der Waals surface area contributed by atoms with E-state index >= 15 is 0 Å². The Morgan fingerprint density at radius 3 is 1.92 bits per heavy atom. The Morgan fingerprint density at radius 1 is 0.718 bits per heavy atom. The van der Waals surface area contributed by atoms with Crippen molar-refractivity contribution in [3.63, 3.8) is 0 Å². The maximum Gasteiger partial charge on any atom is 0.445 e. The fourth-order valence-corrected chi connectivity index (χ4v) is 5.21. The molecule has 0 bridgehead atoms. The lowest BCUT2D eigenvalue weighted by atomic mass is 10.2. The van der Waals surface area contributed by atoms with Crippen molar-refractivity contribution in [1.82, 2.24) is 10.2 Å². The first-order valence-electron chi connectivity index (χ1n) is 12.0. The summed E-state index contributed by atoms with van der Waals surface area (Å²) in [6.45, 7) is 5.92. The van der Waals surface area contributed by atoms with Gasteiger partial charge >= 0.3 is 6.18 Å². The van der Waals surface area contributed by atoms with Gasteiger partial charge in [-0.1, -0.05) is 22.7 Å². The van der Waals surface area contributed by atoms with Crippen molar-refractivity contribution < 1.29 is 13.2 Å². The van der Waals surface area contributed by atoms with Gasteiger partial charge < -0.3 is 4.90 Å². The van der Waals surface area contributed by atoms with Gasteiger partial charge in [0.15, 0.2) is 0 Å². The number of azo groups is 3. The molecule has 0 radical (unpaired) electrons. The van der Waals surface area contributed by atoms with E-state index in [4.69, 9.17) is 0 Å². The molecule has 14 heteroatoms. The van der Waals surface area contributed by atoms with Crippen molar-refractivity contribution in [1.29, 1.82) is 0 Å². The Bertz CT molecular complexity index is 1550. The monoisotopic (exact) mass is 569 g/mol. The minimum atomic E-state index is -4.56. The number of nitrogens with zero attached hydrogens (tertiary/aromatic N) is 9. The Labute approximate surface area is 229 Å². The molecule has 5 rings (SSSR count). The SMILES string of the molecule is Cc1cc(N=Nc2ccc(N3CCCC3)s2)ccc1N=Nc1ccc(N=Nc2nnc(C(F)(F)F)s2)c(C)c1. The largest absolute Gasteiger partial charge is 0.445 e. The molecule has 0 unspecified atom stereocenters. The Kier molecular flexibility index (Phi) is 7.84. The van der Waals surface area contributed by atoms with Crippen LogP contribution in [0.25, 0.3) is 0 Å². The highest BCUT2D eigenvalue weighted by molar-refractivity contribution is 7.19. The van der Waals surface area contributed by atoms with E-state index < -0.39 is 11.2 Å². The third-order valence-electron chi connectivity index (χ3n) is 5.79. The standard InChI is InChI=1S/C25H22F3N9S2/c1-15-14-18(30-33-21-9-10-22(38-21)37-11-3-4-12-37)6-7-19(15)31-29-17-5-8-20(16(2)13-17)32-35-24-36-34-23(39-24)25(26,27)28/h5-10,13-14H,3-4,11-12H2,1-2H3. The number of aryl methyl sites for hydroxylation is 2. The highest BCUT2D eigenvalue weighted by atomic mass is 32.1. The van der Waals surface area contributed by atoms with E-state index in [1.54, 1.807) is 36.5 Å². The van der Waals surface area contributed by atoms with Crippen LogP contribution in [0.4, 0.5) is 51.1 Å². The lowest BCUT2D eigenvalue weighted by molar-refractivity contribution is -0.138. The molecular weight excluding hydrogens is 547 g/mol. The maximum absolute atomic E-state index is 12.7. The normalized spacial score (nSPS) is 14.5. The summed E-state index contributed by atoms with van der Waals surface area (Å²) in [5.74, 6) is 0. The molecular formula is C25H22F3N9S2. The zero-order valence-electron chi connectivity index (χ0n) is 20.9. The highest BCUT2D eigenvalue weighted by Crippen LogP contribution is 2.36. The predicted molar refractivity (Wildman–Crippen MR) is 146 cm³/mol. The average Bonchev–Trinajstić information content (AvgIpc) is 3.68. The first kappa shape index (κ1) is 26.7. The molecule has 1 saturated heterocycles. The van der Waals surface area contributed by atoms with Gasteiger partial charge in [0.1, 0.15) is 5.00 Å². The van der Waals surface area contributed by atoms with E-state index in [0.717, 1.165) is 34.9 Å². The van der Waals surface area contributed by atoms with Crippen molar-refractivity contribution in [2.45, 2.75) is 32.9 Å². The molecule has 4 aromatic rings. The first-order valence-corrected chi connectivity index (χ1v) is 13.6. The topological polar surface area (TPSA) is 103 Å². The smallest absolute Gasteiger partial charge is 0.363 e. The average molecular weight is 570 g/mol. The molecule has 9 nitrogen and oxygen atoms in total. The van der Waals surface area contributed by atoms with Gasteiger partial charge in [-0.2, -0.15) is 23.4 Å². The van der Waals surface area contributed by atoms with E-state index in [1.807, 2.05) is 31.2 Å². The highest BCUT2D eigenvalue weighted by Gasteiger charge is 2.35. The minimum absolute atomic E-state index is 0.175. The van der Waals surface area contributed by atoms with Crippen LogP contribution < -0.4 is 4.90 Å². The summed E-state index contributed by atoms with van der Waals surface area (Å²) in [7, 11) is 0. The van der Waals surface area contributed by atoms with Gasteiger partial charge in [-0.05, 0) is 86.3 Å². The van der Waals surface area contributed by atoms with Crippen LogP contribution in [-0.4, -0.2) is 23.3 Å². The summed E-state index contributed by atoms with van der Waals surface area (Å²) in [4.78, 5) is 2.38. The zero-order valence-corrected chi connectivity index (χ0v) is 22.6. The third kappa shape index (κ3) is 6.75. The predicted octanol–water partition coefficient (Wildman–Crippen LogP) is 10.1. The van der Waals surface area contributed by atoms with Crippen LogP contribution in [0.3, 0.4) is 0 Å². The Balaban J connectivity index is 1.22. The third-order valence-corrected chi connectivity index (χ3v) is 7.68. The molecule has 1 aliphatic heterocycles. The molecule has 0 spiro atoms. The van der Waals surface area contributed by atoms with E-state index in [0.29, 0.717) is 28.4 Å². The van der Waals surface area contributed by atoms with Gasteiger partial charge in [0, 0.05) is 13.1 Å². The molecule has 0 saturated carbocycles. The number of rotatable bonds is 7. The van der Waals surface area contributed by atoms with Crippen LogP contribution in [0.15, 0.2) is 79.2 Å². The molecule has 0 atom stereocenters. The number of anilines is 1. The number of benzene rings is 2. The van der Waals surface area contributed by atoms with Gasteiger partial charge in [-0.3, -0.25) is 0 Å². The fourth-order valence-electron chi connectivity index (χ4n) is 3.79. The number of hydrogen-bond acceptors (Lipinski definition) is 11. The maximum atomic E-state index is 12.7. The lowest BCUT2D eigenvalue weighted by Gasteiger charge is -2.13. The molecule has 1 aliphatic rings. The van der Waals surface area contributed by atoms with E-state index in [9.17, 15) is 13.2 Å². The van der Waals surface area contributed by atoms with E-state index in [-0.39, 0.29) is 5.13 Å². The summed E-state index contributed by atoms with van der Waals surface area (Å²) in [6.07, 6.45) is -2.09. The van der Waals surface area contributed by atoms with Gasteiger partial charge in [-0.15, -0.1) is 30.7 Å². The van der Waals surface area contributed by atoms with E-state index in [2.05, 4.69) is 51.8 Å². The van der Waals surface area contributed by atoms with Crippen molar-refractivity contribution in [3.05, 3.63) is 64.7 Å². The van der Waals surface area contributed by atoms with Crippen LogP contribution in [0, 0.1) is 13.8 Å².